The fraction of sp³-hybridized carbons (Fsp3) is 0.222. The molecule has 1 atom stereocenters. The first kappa shape index (κ1) is 23.8. The van der Waals surface area contributed by atoms with E-state index in [9.17, 15) is 14.4 Å². The number of ether oxygens (including phenoxy) is 3. The lowest BCUT2D eigenvalue weighted by Gasteiger charge is -2.26. The molecule has 0 radical (unpaired) electrons. The van der Waals surface area contributed by atoms with Crippen LogP contribution < -0.4 is 20.1 Å². The van der Waals surface area contributed by atoms with E-state index in [0.29, 0.717) is 34.8 Å². The van der Waals surface area contributed by atoms with Crippen LogP contribution in [0.5, 0.6) is 11.5 Å². The fourth-order valence-electron chi connectivity index (χ4n) is 3.77. The van der Waals surface area contributed by atoms with Crippen molar-refractivity contribution in [3.05, 3.63) is 83.4 Å². The zero-order chi connectivity index (χ0) is 24.8. The molecule has 3 aromatic carbocycles. The molecule has 0 aromatic heterocycles. The van der Waals surface area contributed by atoms with Gasteiger partial charge in [0.25, 0.3) is 11.8 Å². The third-order valence-corrected chi connectivity index (χ3v) is 5.64. The Balaban J connectivity index is 1.52. The van der Waals surface area contributed by atoms with Crippen LogP contribution >= 0.6 is 0 Å². The number of aryl methyl sites for hydroxylation is 1. The van der Waals surface area contributed by atoms with Crippen molar-refractivity contribution in [2.24, 2.45) is 0 Å². The number of hydrogen-bond donors (Lipinski definition) is 2. The molecule has 0 bridgehead atoms. The lowest BCUT2D eigenvalue weighted by Crippen LogP contribution is -2.40. The number of rotatable bonds is 7. The molecule has 1 aliphatic rings. The number of carbonyl (C=O) groups excluding carboxylic acids is 3. The number of fused-ring (bicyclic) bond motifs is 1. The summed E-state index contributed by atoms with van der Waals surface area (Å²) in [5, 5.41) is 5.44. The Bertz CT molecular complexity index is 1260. The SMILES string of the molecule is COC(=O)CNC(=O)c1ccc(C(=O)NC[C@H]2COc3ccccc3O2)cc1-c1ccccc1C. The highest BCUT2D eigenvalue weighted by molar-refractivity contribution is 6.04. The summed E-state index contributed by atoms with van der Waals surface area (Å²) in [6.07, 6.45) is -0.326. The van der Waals surface area contributed by atoms with E-state index in [1.807, 2.05) is 55.5 Å². The minimum absolute atomic E-state index is 0.253. The smallest absolute Gasteiger partial charge is 0.325 e. The Labute approximate surface area is 203 Å². The van der Waals surface area contributed by atoms with E-state index in [-0.39, 0.29) is 25.1 Å². The molecule has 8 heteroatoms. The van der Waals surface area contributed by atoms with Gasteiger partial charge >= 0.3 is 5.97 Å². The van der Waals surface area contributed by atoms with Gasteiger partial charge in [0, 0.05) is 11.1 Å². The Morgan fingerprint density at radius 1 is 0.914 bits per heavy atom. The number of nitrogens with one attached hydrogen (secondary N) is 2. The van der Waals surface area contributed by atoms with Gasteiger partial charge < -0.3 is 24.8 Å². The van der Waals surface area contributed by atoms with Gasteiger partial charge in [-0.3, -0.25) is 14.4 Å². The summed E-state index contributed by atoms with van der Waals surface area (Å²) in [5.74, 6) is 0.0281. The maximum Gasteiger partial charge on any atom is 0.325 e. The predicted molar refractivity (Wildman–Crippen MR) is 130 cm³/mol. The molecule has 0 fully saturated rings. The number of amides is 2. The average Bonchev–Trinajstić information content (AvgIpc) is 2.90. The lowest BCUT2D eigenvalue weighted by atomic mass is 9.93. The summed E-state index contributed by atoms with van der Waals surface area (Å²) >= 11 is 0. The Morgan fingerprint density at radius 2 is 1.66 bits per heavy atom. The molecule has 2 amide bonds. The molecular formula is C27H26N2O6. The number of methoxy groups -OCH3 is 1. The zero-order valence-electron chi connectivity index (χ0n) is 19.5. The quantitative estimate of drug-likeness (QED) is 0.510. The molecule has 0 saturated carbocycles. The lowest BCUT2D eigenvalue weighted by molar-refractivity contribution is -0.139. The van der Waals surface area contributed by atoms with Crippen LogP contribution in [0.25, 0.3) is 11.1 Å². The van der Waals surface area contributed by atoms with Gasteiger partial charge in [0.15, 0.2) is 11.5 Å². The van der Waals surface area contributed by atoms with Gasteiger partial charge in [-0.25, -0.2) is 0 Å². The molecule has 0 unspecified atom stereocenters. The van der Waals surface area contributed by atoms with E-state index in [1.54, 1.807) is 18.2 Å². The molecule has 2 N–H and O–H groups in total. The molecule has 0 spiro atoms. The number of esters is 1. The summed E-state index contributed by atoms with van der Waals surface area (Å²) in [6, 6.07) is 19.8. The van der Waals surface area contributed by atoms with E-state index in [2.05, 4.69) is 15.4 Å². The summed E-state index contributed by atoms with van der Waals surface area (Å²) in [6.45, 7) is 2.26. The third-order valence-electron chi connectivity index (χ3n) is 5.64. The number of hydrogen-bond acceptors (Lipinski definition) is 6. The maximum atomic E-state index is 13.0. The van der Waals surface area contributed by atoms with E-state index in [4.69, 9.17) is 9.47 Å². The van der Waals surface area contributed by atoms with Crippen LogP contribution in [-0.4, -0.2) is 50.7 Å². The Hall–Kier alpha value is -4.33. The van der Waals surface area contributed by atoms with Crippen molar-refractivity contribution in [2.45, 2.75) is 13.0 Å². The van der Waals surface area contributed by atoms with Gasteiger partial charge in [0.1, 0.15) is 19.3 Å². The van der Waals surface area contributed by atoms with E-state index in [0.717, 1.165) is 11.1 Å². The highest BCUT2D eigenvalue weighted by Crippen LogP contribution is 2.31. The normalized spacial score (nSPS) is 14.1. The van der Waals surface area contributed by atoms with Crippen molar-refractivity contribution in [3.8, 4) is 22.6 Å². The summed E-state index contributed by atoms with van der Waals surface area (Å²) < 4.78 is 16.2. The van der Waals surface area contributed by atoms with Gasteiger partial charge in [-0.15, -0.1) is 0 Å². The van der Waals surface area contributed by atoms with Crippen molar-refractivity contribution in [1.29, 1.82) is 0 Å². The second-order valence-electron chi connectivity index (χ2n) is 8.04. The molecule has 3 aromatic rings. The molecule has 180 valence electrons. The first-order valence-electron chi connectivity index (χ1n) is 11.2. The number of para-hydroxylation sites is 2. The van der Waals surface area contributed by atoms with E-state index < -0.39 is 11.9 Å². The van der Waals surface area contributed by atoms with Crippen LogP contribution in [-0.2, 0) is 9.53 Å². The fourth-order valence-corrected chi connectivity index (χ4v) is 3.77. The highest BCUT2D eigenvalue weighted by atomic mass is 16.6. The predicted octanol–water partition coefficient (Wildman–Crippen LogP) is 3.13. The van der Waals surface area contributed by atoms with Crippen LogP contribution in [0.2, 0.25) is 0 Å². The summed E-state index contributed by atoms with van der Waals surface area (Å²) in [4.78, 5) is 37.3. The van der Waals surface area contributed by atoms with Crippen molar-refractivity contribution in [3.63, 3.8) is 0 Å². The first-order chi connectivity index (χ1) is 17.0. The van der Waals surface area contributed by atoms with Crippen molar-refractivity contribution in [1.82, 2.24) is 10.6 Å². The number of carbonyl (C=O) groups is 3. The molecule has 1 aliphatic heterocycles. The summed E-state index contributed by atoms with van der Waals surface area (Å²) in [7, 11) is 1.25. The van der Waals surface area contributed by atoms with Gasteiger partial charge in [-0.2, -0.15) is 0 Å². The van der Waals surface area contributed by atoms with Crippen LogP contribution in [0, 0.1) is 6.92 Å². The van der Waals surface area contributed by atoms with Crippen LogP contribution in [0.4, 0.5) is 0 Å². The second kappa shape index (κ2) is 10.7. The van der Waals surface area contributed by atoms with Gasteiger partial charge in [-0.05, 0) is 53.9 Å². The monoisotopic (exact) mass is 474 g/mol. The van der Waals surface area contributed by atoms with Crippen molar-refractivity contribution in [2.75, 3.05) is 26.8 Å². The van der Waals surface area contributed by atoms with Crippen molar-refractivity contribution < 1.29 is 28.6 Å². The van der Waals surface area contributed by atoms with Crippen LogP contribution in [0.15, 0.2) is 66.7 Å². The molecular weight excluding hydrogens is 448 g/mol. The Morgan fingerprint density at radius 3 is 2.43 bits per heavy atom. The van der Waals surface area contributed by atoms with Crippen molar-refractivity contribution >= 4 is 17.8 Å². The van der Waals surface area contributed by atoms with Crippen LogP contribution in [0.3, 0.4) is 0 Å². The molecule has 0 saturated heterocycles. The van der Waals surface area contributed by atoms with Crippen LogP contribution in [0.1, 0.15) is 26.3 Å². The number of benzene rings is 3. The Kier molecular flexibility index (Phi) is 7.30. The molecule has 4 rings (SSSR count). The molecule has 35 heavy (non-hydrogen) atoms. The van der Waals surface area contributed by atoms with Gasteiger partial charge in [0.05, 0.1) is 13.7 Å². The topological polar surface area (TPSA) is 103 Å². The molecule has 1 heterocycles. The van der Waals surface area contributed by atoms with E-state index in [1.165, 1.54) is 7.11 Å². The molecule has 8 nitrogen and oxygen atoms in total. The minimum Gasteiger partial charge on any atom is -0.486 e. The molecule has 0 aliphatic carbocycles. The largest absolute Gasteiger partial charge is 0.486 e. The standard InChI is InChI=1S/C27H26N2O6/c1-17-7-3-4-8-20(17)22-13-18(11-12-21(22)27(32)29-15-25(30)33-2)26(31)28-14-19-16-34-23-9-5-6-10-24(23)35-19/h3-13,19H,14-16H2,1-2H3,(H,28,31)(H,29,32)/t19-/m0/s1. The third kappa shape index (κ3) is 5.60. The van der Waals surface area contributed by atoms with Gasteiger partial charge in [0.2, 0.25) is 0 Å². The zero-order valence-corrected chi connectivity index (χ0v) is 19.5. The second-order valence-corrected chi connectivity index (χ2v) is 8.04. The highest BCUT2D eigenvalue weighted by Gasteiger charge is 2.22. The van der Waals surface area contributed by atoms with Gasteiger partial charge in [-0.1, -0.05) is 36.4 Å². The van der Waals surface area contributed by atoms with E-state index >= 15 is 0 Å². The average molecular weight is 475 g/mol. The first-order valence-corrected chi connectivity index (χ1v) is 11.2. The summed E-state index contributed by atoms with van der Waals surface area (Å²) in [5.41, 5.74) is 3.08. The minimum atomic E-state index is -0.552. The maximum absolute atomic E-state index is 13.0.